The van der Waals surface area contributed by atoms with Crippen molar-refractivity contribution in [1.29, 1.82) is 0 Å². The minimum absolute atomic E-state index is 0.341. The smallest absolute Gasteiger partial charge is 0.309 e. The van der Waals surface area contributed by atoms with Crippen molar-refractivity contribution in [2.24, 2.45) is 5.41 Å². The standard InChI is InChI=1S/C25H34O5/c1-17-16-22(18(2)19(3)23(17)26)30-14-6-8-20-9-11-21(12-10-20)29-15-7-13-25(4,5)24(27)28/h9-12,16,26H,6-8,13-15H2,1-5H3,(H,27,28). The summed E-state index contributed by atoms with van der Waals surface area (Å²) in [7, 11) is 0. The molecule has 2 aromatic carbocycles. The van der Waals surface area contributed by atoms with Gasteiger partial charge in [0, 0.05) is 0 Å². The Kier molecular flexibility index (Phi) is 8.16. The van der Waals surface area contributed by atoms with Crippen LogP contribution in [0.4, 0.5) is 0 Å². The predicted octanol–water partition coefficient (Wildman–Crippen LogP) is 5.60. The van der Waals surface area contributed by atoms with Gasteiger partial charge in [0.05, 0.1) is 18.6 Å². The second-order valence-electron chi connectivity index (χ2n) is 8.53. The summed E-state index contributed by atoms with van der Waals surface area (Å²) >= 11 is 0. The number of ether oxygens (including phenoxy) is 2. The highest BCUT2D eigenvalue weighted by Crippen LogP contribution is 2.32. The molecule has 0 aliphatic carbocycles. The zero-order valence-corrected chi connectivity index (χ0v) is 18.7. The van der Waals surface area contributed by atoms with Crippen LogP contribution >= 0.6 is 0 Å². The third-order valence-corrected chi connectivity index (χ3v) is 5.59. The number of hydrogen-bond acceptors (Lipinski definition) is 4. The molecule has 0 aliphatic heterocycles. The van der Waals surface area contributed by atoms with Crippen molar-refractivity contribution in [3.63, 3.8) is 0 Å². The van der Waals surface area contributed by atoms with Gasteiger partial charge in [-0.15, -0.1) is 0 Å². The molecule has 0 saturated heterocycles. The van der Waals surface area contributed by atoms with Crippen molar-refractivity contribution in [1.82, 2.24) is 0 Å². The fraction of sp³-hybridized carbons (Fsp3) is 0.480. The summed E-state index contributed by atoms with van der Waals surface area (Å²) < 4.78 is 11.7. The average molecular weight is 415 g/mol. The van der Waals surface area contributed by atoms with Crippen LogP contribution in [0, 0.1) is 26.2 Å². The highest BCUT2D eigenvalue weighted by molar-refractivity contribution is 5.73. The highest BCUT2D eigenvalue weighted by atomic mass is 16.5. The van der Waals surface area contributed by atoms with Crippen LogP contribution in [0.1, 0.15) is 55.4 Å². The van der Waals surface area contributed by atoms with Crippen LogP contribution in [-0.2, 0) is 11.2 Å². The lowest BCUT2D eigenvalue weighted by atomic mass is 9.88. The Morgan fingerprint density at radius 3 is 2.23 bits per heavy atom. The SMILES string of the molecule is Cc1cc(OCCCc2ccc(OCCCC(C)(C)C(=O)O)cc2)c(C)c(C)c1O. The first-order valence-corrected chi connectivity index (χ1v) is 10.5. The number of aryl methyl sites for hydroxylation is 2. The zero-order chi connectivity index (χ0) is 22.3. The molecule has 0 aromatic heterocycles. The first-order valence-electron chi connectivity index (χ1n) is 10.5. The van der Waals surface area contributed by atoms with Crippen LogP contribution in [0.15, 0.2) is 30.3 Å². The van der Waals surface area contributed by atoms with Gasteiger partial charge < -0.3 is 19.7 Å². The molecule has 0 fully saturated rings. The molecule has 30 heavy (non-hydrogen) atoms. The van der Waals surface area contributed by atoms with E-state index in [2.05, 4.69) is 12.1 Å². The van der Waals surface area contributed by atoms with E-state index in [1.807, 2.05) is 39.0 Å². The van der Waals surface area contributed by atoms with Gasteiger partial charge in [-0.1, -0.05) is 12.1 Å². The van der Waals surface area contributed by atoms with E-state index in [-0.39, 0.29) is 0 Å². The molecule has 0 atom stereocenters. The summed E-state index contributed by atoms with van der Waals surface area (Å²) in [6.07, 6.45) is 3.08. The minimum Gasteiger partial charge on any atom is -0.507 e. The fourth-order valence-corrected chi connectivity index (χ4v) is 3.20. The van der Waals surface area contributed by atoms with Crippen molar-refractivity contribution in [2.45, 2.75) is 60.3 Å². The van der Waals surface area contributed by atoms with Gasteiger partial charge in [-0.05, 0) is 101 Å². The summed E-state index contributed by atoms with van der Waals surface area (Å²) in [5.74, 6) is 1.20. The normalized spacial score (nSPS) is 11.4. The topological polar surface area (TPSA) is 76.0 Å². The second-order valence-corrected chi connectivity index (χ2v) is 8.53. The van der Waals surface area contributed by atoms with Gasteiger partial charge in [-0.3, -0.25) is 4.79 Å². The minimum atomic E-state index is -0.776. The van der Waals surface area contributed by atoms with Gasteiger partial charge >= 0.3 is 5.97 Å². The van der Waals surface area contributed by atoms with Gasteiger partial charge in [-0.25, -0.2) is 0 Å². The van der Waals surface area contributed by atoms with Gasteiger partial charge in [-0.2, -0.15) is 0 Å². The number of aromatic hydroxyl groups is 1. The molecule has 0 saturated carbocycles. The number of hydrogen-bond donors (Lipinski definition) is 2. The number of benzene rings is 2. The molecule has 2 rings (SSSR count). The average Bonchev–Trinajstić information content (AvgIpc) is 2.71. The number of phenolic OH excluding ortho intramolecular Hbond substituents is 1. The largest absolute Gasteiger partial charge is 0.507 e. The van der Waals surface area contributed by atoms with Gasteiger partial charge in [0.1, 0.15) is 17.2 Å². The molecule has 2 aromatic rings. The van der Waals surface area contributed by atoms with Crippen molar-refractivity contribution < 1.29 is 24.5 Å². The zero-order valence-electron chi connectivity index (χ0n) is 18.7. The number of carboxylic acids is 1. The molecule has 0 radical (unpaired) electrons. The molecular formula is C25H34O5. The lowest BCUT2D eigenvalue weighted by molar-refractivity contribution is -0.147. The molecule has 5 heteroatoms. The van der Waals surface area contributed by atoms with E-state index in [1.54, 1.807) is 13.8 Å². The third kappa shape index (κ3) is 6.41. The van der Waals surface area contributed by atoms with Crippen LogP contribution in [0.25, 0.3) is 0 Å². The van der Waals surface area contributed by atoms with Crippen molar-refractivity contribution in [3.8, 4) is 17.2 Å². The van der Waals surface area contributed by atoms with Gasteiger partial charge in [0.2, 0.25) is 0 Å². The fourth-order valence-electron chi connectivity index (χ4n) is 3.20. The molecule has 2 N–H and O–H groups in total. The van der Waals surface area contributed by atoms with Crippen molar-refractivity contribution >= 4 is 5.97 Å². The third-order valence-electron chi connectivity index (χ3n) is 5.59. The van der Waals surface area contributed by atoms with Crippen LogP contribution in [-0.4, -0.2) is 29.4 Å². The lowest BCUT2D eigenvalue weighted by Crippen LogP contribution is -2.24. The number of phenols is 1. The van der Waals surface area contributed by atoms with Crippen LogP contribution in [0.5, 0.6) is 17.2 Å². The maximum Gasteiger partial charge on any atom is 0.309 e. The predicted molar refractivity (Wildman–Crippen MR) is 119 cm³/mol. The number of rotatable bonds is 11. The molecule has 0 bridgehead atoms. The monoisotopic (exact) mass is 414 g/mol. The molecule has 0 spiro atoms. The Labute approximate surface area is 179 Å². The van der Waals surface area contributed by atoms with Crippen molar-refractivity contribution in [3.05, 3.63) is 52.6 Å². The summed E-state index contributed by atoms with van der Waals surface area (Å²) in [4.78, 5) is 11.1. The Hall–Kier alpha value is -2.69. The molecule has 5 nitrogen and oxygen atoms in total. The van der Waals surface area contributed by atoms with Crippen LogP contribution in [0.2, 0.25) is 0 Å². The van der Waals surface area contributed by atoms with E-state index >= 15 is 0 Å². The van der Waals surface area contributed by atoms with Crippen molar-refractivity contribution in [2.75, 3.05) is 13.2 Å². The second kappa shape index (κ2) is 10.4. The molecule has 164 valence electrons. The summed E-state index contributed by atoms with van der Waals surface area (Å²) in [6, 6.07) is 9.90. The molecule has 0 amide bonds. The summed E-state index contributed by atoms with van der Waals surface area (Å²) in [5.41, 5.74) is 3.17. The molecule has 0 aliphatic rings. The van der Waals surface area contributed by atoms with Crippen LogP contribution < -0.4 is 9.47 Å². The Balaban J connectivity index is 1.73. The quantitative estimate of drug-likeness (QED) is 0.468. The number of carbonyl (C=O) groups is 1. The first kappa shape index (κ1) is 23.6. The van der Waals surface area contributed by atoms with E-state index in [0.29, 0.717) is 31.8 Å². The number of carboxylic acid groups (broad SMARTS) is 1. The van der Waals surface area contributed by atoms with Gasteiger partial charge in [0.25, 0.3) is 0 Å². The molecule has 0 unspecified atom stereocenters. The first-order chi connectivity index (χ1) is 14.1. The van der Waals surface area contributed by atoms with E-state index in [1.165, 1.54) is 5.56 Å². The maximum atomic E-state index is 11.1. The summed E-state index contributed by atoms with van der Waals surface area (Å²) in [6.45, 7) is 10.3. The molecule has 0 heterocycles. The van der Waals surface area contributed by atoms with Gasteiger partial charge in [0.15, 0.2) is 0 Å². The van der Waals surface area contributed by atoms with E-state index in [9.17, 15) is 9.90 Å². The number of aliphatic carboxylic acids is 1. The Morgan fingerprint density at radius 2 is 1.60 bits per heavy atom. The van der Waals surface area contributed by atoms with E-state index < -0.39 is 11.4 Å². The Morgan fingerprint density at radius 1 is 0.967 bits per heavy atom. The van der Waals surface area contributed by atoms with Crippen LogP contribution in [0.3, 0.4) is 0 Å². The van der Waals surface area contributed by atoms with E-state index in [0.717, 1.165) is 41.0 Å². The highest BCUT2D eigenvalue weighted by Gasteiger charge is 2.26. The maximum absolute atomic E-state index is 11.1. The van der Waals surface area contributed by atoms with E-state index in [4.69, 9.17) is 14.6 Å². The lowest BCUT2D eigenvalue weighted by Gasteiger charge is -2.18. The summed E-state index contributed by atoms with van der Waals surface area (Å²) in [5, 5.41) is 19.1. The molecular weight excluding hydrogens is 380 g/mol. The Bertz CT molecular complexity index is 853.